The molecule has 0 atom stereocenters. The molecule has 0 saturated carbocycles. The van der Waals surface area contributed by atoms with Crippen molar-refractivity contribution in [3.05, 3.63) is 54.1 Å². The molecular weight excluding hydrogens is 394 g/mol. The summed E-state index contributed by atoms with van der Waals surface area (Å²) in [5.74, 6) is 0.886. The van der Waals surface area contributed by atoms with Crippen LogP contribution in [-0.4, -0.2) is 32.1 Å². The van der Waals surface area contributed by atoms with Gasteiger partial charge in [0.05, 0.1) is 26.2 Å². The van der Waals surface area contributed by atoms with Crippen LogP contribution in [0, 0.1) is 11.3 Å². The van der Waals surface area contributed by atoms with Gasteiger partial charge in [-0.25, -0.2) is 0 Å². The van der Waals surface area contributed by atoms with Crippen molar-refractivity contribution in [2.24, 2.45) is 0 Å². The number of carbonyl (C=O) groups excluding carboxylic acids is 2. The van der Waals surface area contributed by atoms with Gasteiger partial charge >= 0.3 is 0 Å². The summed E-state index contributed by atoms with van der Waals surface area (Å²) >= 11 is 0. The molecule has 2 aromatic carbocycles. The number of amides is 2. The molecule has 2 amide bonds. The number of hydrogen-bond donors (Lipinski definition) is 1. The van der Waals surface area contributed by atoms with E-state index in [2.05, 4.69) is 11.4 Å². The molecule has 0 aliphatic carbocycles. The first kappa shape index (κ1) is 23.7. The fraction of sp³-hybridized carbons (Fsp3) is 0.375. The lowest BCUT2D eigenvalue weighted by atomic mass is 10.2. The van der Waals surface area contributed by atoms with Crippen LogP contribution in [0.2, 0.25) is 0 Å². The smallest absolute Gasteiger partial charge is 0.227 e. The van der Waals surface area contributed by atoms with Crippen LogP contribution < -0.4 is 19.7 Å². The third kappa shape index (κ3) is 7.67. The molecular formula is C24H29N3O4. The maximum atomic E-state index is 12.6. The molecule has 2 aromatic rings. The van der Waals surface area contributed by atoms with Crippen LogP contribution in [0.15, 0.2) is 48.5 Å². The molecule has 0 fully saturated rings. The van der Waals surface area contributed by atoms with Crippen molar-refractivity contribution in [2.75, 3.05) is 25.2 Å². The zero-order chi connectivity index (χ0) is 22.5. The number of anilines is 1. The number of rotatable bonds is 12. The van der Waals surface area contributed by atoms with Crippen molar-refractivity contribution in [1.82, 2.24) is 5.32 Å². The van der Waals surface area contributed by atoms with E-state index in [4.69, 9.17) is 14.7 Å². The summed E-state index contributed by atoms with van der Waals surface area (Å²) in [6.07, 6.45) is 1.27. The third-order valence-electron chi connectivity index (χ3n) is 4.56. The predicted molar refractivity (Wildman–Crippen MR) is 119 cm³/mol. The Morgan fingerprint density at radius 2 is 1.87 bits per heavy atom. The van der Waals surface area contributed by atoms with E-state index >= 15 is 0 Å². The van der Waals surface area contributed by atoms with Crippen molar-refractivity contribution in [2.45, 2.75) is 39.2 Å². The molecule has 7 heteroatoms. The lowest BCUT2D eigenvalue weighted by Gasteiger charge is -2.21. The fourth-order valence-electron chi connectivity index (χ4n) is 2.97. The lowest BCUT2D eigenvalue weighted by Crippen LogP contribution is -2.33. The van der Waals surface area contributed by atoms with Crippen LogP contribution in [0.3, 0.4) is 0 Å². The molecule has 0 unspecified atom stereocenters. The number of carbonyl (C=O) groups is 2. The monoisotopic (exact) mass is 423 g/mol. The van der Waals surface area contributed by atoms with E-state index < -0.39 is 0 Å². The summed E-state index contributed by atoms with van der Waals surface area (Å²) in [7, 11) is 1.58. The topological polar surface area (TPSA) is 91.7 Å². The second-order valence-corrected chi connectivity index (χ2v) is 6.90. The summed E-state index contributed by atoms with van der Waals surface area (Å²) in [6, 6.07) is 16.8. The van der Waals surface area contributed by atoms with Crippen molar-refractivity contribution in [3.63, 3.8) is 0 Å². The van der Waals surface area contributed by atoms with E-state index in [9.17, 15) is 9.59 Å². The number of methoxy groups -OCH3 is 1. The lowest BCUT2D eigenvalue weighted by molar-refractivity contribution is -0.125. The van der Waals surface area contributed by atoms with Gasteiger partial charge in [-0.15, -0.1) is 0 Å². The highest BCUT2D eigenvalue weighted by molar-refractivity contribution is 5.95. The molecule has 31 heavy (non-hydrogen) atoms. The highest BCUT2D eigenvalue weighted by Crippen LogP contribution is 2.28. The maximum absolute atomic E-state index is 12.6. The van der Waals surface area contributed by atoms with E-state index in [1.807, 2.05) is 55.5 Å². The average molecular weight is 424 g/mol. The van der Waals surface area contributed by atoms with Crippen molar-refractivity contribution in [3.8, 4) is 17.6 Å². The molecule has 2 rings (SSSR count). The Labute approximate surface area is 183 Å². The summed E-state index contributed by atoms with van der Waals surface area (Å²) in [4.78, 5) is 26.5. The molecule has 7 nitrogen and oxygen atoms in total. The molecule has 1 N–H and O–H groups in total. The fourth-order valence-corrected chi connectivity index (χ4v) is 2.97. The maximum Gasteiger partial charge on any atom is 0.227 e. The Kier molecular flexibility index (Phi) is 9.89. The first-order chi connectivity index (χ1) is 15.1. The van der Waals surface area contributed by atoms with Gasteiger partial charge in [0.1, 0.15) is 0 Å². The van der Waals surface area contributed by atoms with Gasteiger partial charge in [-0.2, -0.15) is 5.26 Å². The van der Waals surface area contributed by atoms with Crippen LogP contribution in [0.5, 0.6) is 11.5 Å². The minimum Gasteiger partial charge on any atom is -0.493 e. The van der Waals surface area contributed by atoms with Gasteiger partial charge in [0.25, 0.3) is 0 Å². The van der Waals surface area contributed by atoms with E-state index in [1.54, 1.807) is 12.0 Å². The number of nitriles is 1. The van der Waals surface area contributed by atoms with Crippen LogP contribution in [-0.2, 0) is 16.1 Å². The van der Waals surface area contributed by atoms with Crippen LogP contribution in [0.4, 0.5) is 5.69 Å². The van der Waals surface area contributed by atoms with E-state index in [-0.39, 0.29) is 31.1 Å². The number of para-hydroxylation sites is 1. The molecule has 0 heterocycles. The van der Waals surface area contributed by atoms with Gasteiger partial charge in [-0.05, 0) is 36.2 Å². The molecule has 0 saturated heterocycles. The van der Waals surface area contributed by atoms with Crippen LogP contribution in [0.25, 0.3) is 0 Å². The number of benzene rings is 2. The van der Waals surface area contributed by atoms with Gasteiger partial charge in [-0.3, -0.25) is 9.59 Å². The summed E-state index contributed by atoms with van der Waals surface area (Å²) < 4.78 is 11.0. The number of nitrogens with one attached hydrogen (secondary N) is 1. The number of hydrogen-bond acceptors (Lipinski definition) is 5. The molecule has 0 aromatic heterocycles. The van der Waals surface area contributed by atoms with Crippen LogP contribution >= 0.6 is 0 Å². The summed E-state index contributed by atoms with van der Waals surface area (Å²) in [6.45, 7) is 3.26. The Morgan fingerprint density at radius 1 is 1.10 bits per heavy atom. The second kappa shape index (κ2) is 12.9. The van der Waals surface area contributed by atoms with E-state index in [0.29, 0.717) is 31.2 Å². The summed E-state index contributed by atoms with van der Waals surface area (Å²) in [5, 5.41) is 11.7. The number of ether oxygens (including phenoxy) is 2. The largest absolute Gasteiger partial charge is 0.493 e. The predicted octanol–water partition coefficient (Wildman–Crippen LogP) is 3.83. The Balaban J connectivity index is 1.88. The Hall–Kier alpha value is -3.53. The van der Waals surface area contributed by atoms with Gasteiger partial charge in [0, 0.05) is 31.6 Å². The van der Waals surface area contributed by atoms with Gasteiger partial charge in [0.2, 0.25) is 11.8 Å². The van der Waals surface area contributed by atoms with Gasteiger partial charge < -0.3 is 19.7 Å². The van der Waals surface area contributed by atoms with Crippen molar-refractivity contribution < 1.29 is 19.1 Å². The zero-order valence-electron chi connectivity index (χ0n) is 18.1. The van der Waals surface area contributed by atoms with Gasteiger partial charge in [0.15, 0.2) is 11.5 Å². The first-order valence-electron chi connectivity index (χ1n) is 10.4. The van der Waals surface area contributed by atoms with Crippen molar-refractivity contribution >= 4 is 17.5 Å². The van der Waals surface area contributed by atoms with Gasteiger partial charge in [-0.1, -0.05) is 31.2 Å². The molecule has 0 aliphatic rings. The third-order valence-corrected chi connectivity index (χ3v) is 4.56. The minimum atomic E-state index is -0.216. The molecule has 0 aliphatic heterocycles. The Bertz CT molecular complexity index is 893. The zero-order valence-corrected chi connectivity index (χ0v) is 18.1. The summed E-state index contributed by atoms with van der Waals surface area (Å²) in [5.41, 5.74) is 1.60. The van der Waals surface area contributed by atoms with Crippen molar-refractivity contribution in [1.29, 1.82) is 5.26 Å². The quantitative estimate of drug-likeness (QED) is 0.560. The first-order valence-corrected chi connectivity index (χ1v) is 10.4. The normalized spacial score (nSPS) is 10.1. The molecule has 0 bridgehead atoms. The van der Waals surface area contributed by atoms with Crippen LogP contribution in [0.1, 0.15) is 38.2 Å². The highest BCUT2D eigenvalue weighted by atomic mass is 16.5. The second-order valence-electron chi connectivity index (χ2n) is 6.90. The number of nitrogens with zero attached hydrogens (tertiary/aromatic N) is 2. The molecule has 164 valence electrons. The SMILES string of the molecule is CCCOc1ccc(CNC(=O)CCC(=O)N(CCC#N)c2ccccc2)cc1OC. The highest BCUT2D eigenvalue weighted by Gasteiger charge is 2.16. The van der Waals surface area contributed by atoms with E-state index in [0.717, 1.165) is 17.7 Å². The Morgan fingerprint density at radius 3 is 2.55 bits per heavy atom. The average Bonchev–Trinajstić information content (AvgIpc) is 2.81. The van der Waals surface area contributed by atoms with E-state index in [1.165, 1.54) is 0 Å². The molecule has 0 radical (unpaired) electrons. The standard InChI is InChI=1S/C24H29N3O4/c1-3-16-31-21-11-10-19(17-22(21)30-2)18-26-23(28)12-13-24(29)27(15-7-14-25)20-8-5-4-6-9-20/h4-6,8-11,17H,3,7,12-13,15-16,18H2,1-2H3,(H,26,28). The molecule has 0 spiro atoms. The minimum absolute atomic E-state index is 0.0687.